The van der Waals surface area contributed by atoms with Gasteiger partial charge in [0.05, 0.1) is 6.04 Å². The van der Waals surface area contributed by atoms with E-state index in [4.69, 9.17) is 0 Å². The number of carbonyl (C=O) groups excluding carboxylic acids is 1. The maximum Gasteiger partial charge on any atom is 0.237 e. The zero-order chi connectivity index (χ0) is 17.8. The molecule has 0 unspecified atom stereocenters. The van der Waals surface area contributed by atoms with Crippen LogP contribution in [0.4, 0.5) is 0 Å². The second-order valence-electron chi connectivity index (χ2n) is 7.95. The third-order valence-electron chi connectivity index (χ3n) is 6.32. The second-order valence-corrected chi connectivity index (χ2v) is 7.95. The van der Waals surface area contributed by atoms with Crippen molar-refractivity contribution in [2.24, 2.45) is 17.8 Å². The third-order valence-corrected chi connectivity index (χ3v) is 6.32. The first kappa shape index (κ1) is 18.4. The van der Waals surface area contributed by atoms with Crippen LogP contribution in [0.5, 0.6) is 0 Å². The first-order valence-electron chi connectivity index (χ1n) is 9.86. The molecule has 2 fully saturated rings. The second kappa shape index (κ2) is 8.33. The van der Waals surface area contributed by atoms with Gasteiger partial charge in [-0.25, -0.2) is 0 Å². The largest absolute Gasteiger partial charge is 0.352 e. The number of likely N-dealkylation sites (N-methyl/N-ethyl adjacent to an activating group) is 1. The summed E-state index contributed by atoms with van der Waals surface area (Å²) in [6, 6.07) is 11.0. The molecule has 2 N–H and O–H groups in total. The molecule has 0 radical (unpaired) electrons. The number of nitrogens with one attached hydrogen (secondary N) is 2. The smallest absolute Gasteiger partial charge is 0.237 e. The molecule has 1 aromatic rings. The van der Waals surface area contributed by atoms with Crippen LogP contribution in [-0.2, 0) is 11.3 Å². The summed E-state index contributed by atoms with van der Waals surface area (Å²) < 4.78 is 0. The minimum Gasteiger partial charge on any atom is -0.352 e. The summed E-state index contributed by atoms with van der Waals surface area (Å²) in [5.41, 5.74) is 1.38. The molecule has 4 nitrogen and oxygen atoms in total. The fraction of sp³-hybridized carbons (Fsp3) is 0.667. The average Bonchev–Trinajstić information content (AvgIpc) is 3.17. The molecule has 1 saturated heterocycles. The average molecular weight is 344 g/mol. The Bertz CT molecular complexity index is 562. The molecule has 0 bridgehead atoms. The lowest BCUT2D eigenvalue weighted by atomic mass is 9.95. The Morgan fingerprint density at radius 2 is 2.00 bits per heavy atom. The topological polar surface area (TPSA) is 44.4 Å². The van der Waals surface area contributed by atoms with Crippen molar-refractivity contribution in [3.63, 3.8) is 0 Å². The Morgan fingerprint density at radius 1 is 1.24 bits per heavy atom. The van der Waals surface area contributed by atoms with Crippen molar-refractivity contribution in [3.8, 4) is 0 Å². The zero-order valence-electron chi connectivity index (χ0n) is 15.9. The Kier molecular flexibility index (Phi) is 6.13. The number of hydrogen-bond donors (Lipinski definition) is 2. The molecule has 1 saturated carbocycles. The van der Waals surface area contributed by atoms with E-state index in [1.807, 2.05) is 7.05 Å². The SMILES string of the molecule is CC[C@H](C)[C@H](NC)C(=O)N[C@@H]1CC[C@H]2CN(Cc3ccccc3)C[C@H]21. The van der Waals surface area contributed by atoms with Gasteiger partial charge in [-0.3, -0.25) is 9.69 Å². The number of fused-ring (bicyclic) bond motifs is 1. The molecule has 1 amide bonds. The van der Waals surface area contributed by atoms with Crippen LogP contribution in [0.25, 0.3) is 0 Å². The summed E-state index contributed by atoms with van der Waals surface area (Å²) in [4.78, 5) is 15.3. The number of benzene rings is 1. The van der Waals surface area contributed by atoms with Crippen molar-refractivity contribution in [2.45, 2.75) is 51.7 Å². The van der Waals surface area contributed by atoms with Crippen LogP contribution < -0.4 is 10.6 Å². The van der Waals surface area contributed by atoms with E-state index in [2.05, 4.69) is 59.7 Å². The number of hydrogen-bond acceptors (Lipinski definition) is 3. The highest BCUT2D eigenvalue weighted by Crippen LogP contribution is 2.38. The van der Waals surface area contributed by atoms with Crippen molar-refractivity contribution in [3.05, 3.63) is 35.9 Å². The normalized spacial score (nSPS) is 28.5. The van der Waals surface area contributed by atoms with Crippen molar-refractivity contribution in [1.82, 2.24) is 15.5 Å². The van der Waals surface area contributed by atoms with Gasteiger partial charge >= 0.3 is 0 Å². The van der Waals surface area contributed by atoms with Gasteiger partial charge in [-0.05, 0) is 43.2 Å². The molecule has 0 aromatic heterocycles. The predicted molar refractivity (Wildman–Crippen MR) is 102 cm³/mol. The lowest BCUT2D eigenvalue weighted by Crippen LogP contribution is -2.51. The molecule has 1 aliphatic carbocycles. The fourth-order valence-electron chi connectivity index (χ4n) is 4.69. The Morgan fingerprint density at radius 3 is 2.68 bits per heavy atom. The van der Waals surface area contributed by atoms with E-state index >= 15 is 0 Å². The van der Waals surface area contributed by atoms with Crippen molar-refractivity contribution < 1.29 is 4.79 Å². The highest BCUT2D eigenvalue weighted by atomic mass is 16.2. The van der Waals surface area contributed by atoms with Gasteiger partial charge in [0.1, 0.15) is 0 Å². The Balaban J connectivity index is 1.56. The van der Waals surface area contributed by atoms with Crippen LogP contribution in [0.3, 0.4) is 0 Å². The zero-order valence-corrected chi connectivity index (χ0v) is 15.9. The van der Waals surface area contributed by atoms with Crippen LogP contribution >= 0.6 is 0 Å². The molecule has 4 heteroatoms. The highest BCUT2D eigenvalue weighted by molar-refractivity contribution is 5.82. The summed E-state index contributed by atoms with van der Waals surface area (Å²) in [6.45, 7) is 7.60. The highest BCUT2D eigenvalue weighted by Gasteiger charge is 2.43. The molecule has 0 spiro atoms. The third kappa shape index (κ3) is 4.24. The molecular weight excluding hydrogens is 310 g/mol. The summed E-state index contributed by atoms with van der Waals surface area (Å²) in [5, 5.41) is 6.58. The van der Waals surface area contributed by atoms with E-state index in [1.165, 1.54) is 18.5 Å². The van der Waals surface area contributed by atoms with Gasteiger partial charge in [0, 0.05) is 25.7 Å². The number of likely N-dealkylation sites (tertiary alicyclic amines) is 1. The summed E-state index contributed by atoms with van der Waals surface area (Å²) in [7, 11) is 1.89. The molecule has 5 atom stereocenters. The van der Waals surface area contributed by atoms with E-state index in [9.17, 15) is 4.79 Å². The predicted octanol–water partition coefficient (Wildman–Crippen LogP) is 2.65. The van der Waals surface area contributed by atoms with Crippen molar-refractivity contribution >= 4 is 5.91 Å². The lowest BCUT2D eigenvalue weighted by molar-refractivity contribution is -0.125. The van der Waals surface area contributed by atoms with Gasteiger partial charge in [-0.1, -0.05) is 50.6 Å². The first-order chi connectivity index (χ1) is 12.1. The van der Waals surface area contributed by atoms with Gasteiger partial charge in [0.2, 0.25) is 5.91 Å². The summed E-state index contributed by atoms with van der Waals surface area (Å²) in [5.74, 6) is 1.90. The monoisotopic (exact) mass is 343 g/mol. The van der Waals surface area contributed by atoms with Gasteiger partial charge in [0.25, 0.3) is 0 Å². The van der Waals surface area contributed by atoms with Gasteiger partial charge in [-0.2, -0.15) is 0 Å². The standard InChI is InChI=1S/C21H33N3O/c1-4-15(2)20(22-3)21(25)23-19-11-10-17-13-24(14-18(17)19)12-16-8-6-5-7-9-16/h5-9,15,17-20,22H,4,10-14H2,1-3H3,(H,23,25)/t15-,17-,18+,19+,20-/m0/s1. The van der Waals surface area contributed by atoms with Crippen molar-refractivity contribution in [2.75, 3.05) is 20.1 Å². The molecule has 1 heterocycles. The van der Waals surface area contributed by atoms with Crippen molar-refractivity contribution in [1.29, 1.82) is 0 Å². The van der Waals surface area contributed by atoms with Crippen LogP contribution in [-0.4, -0.2) is 43.0 Å². The molecule has 1 aromatic carbocycles. The molecule has 25 heavy (non-hydrogen) atoms. The summed E-state index contributed by atoms with van der Waals surface area (Å²) in [6.07, 6.45) is 3.39. The van der Waals surface area contributed by atoms with E-state index in [0.717, 1.165) is 31.8 Å². The first-order valence-corrected chi connectivity index (χ1v) is 9.86. The molecular formula is C21H33N3O. The van der Waals surface area contributed by atoms with E-state index in [0.29, 0.717) is 17.9 Å². The molecule has 1 aliphatic heterocycles. The maximum atomic E-state index is 12.7. The van der Waals surface area contributed by atoms with Gasteiger partial charge in [-0.15, -0.1) is 0 Å². The van der Waals surface area contributed by atoms with E-state index in [-0.39, 0.29) is 11.9 Å². The molecule has 138 valence electrons. The van der Waals surface area contributed by atoms with Crippen LogP contribution in [0, 0.1) is 17.8 Å². The Hall–Kier alpha value is -1.39. The van der Waals surface area contributed by atoms with Crippen LogP contribution in [0.2, 0.25) is 0 Å². The number of nitrogens with zero attached hydrogens (tertiary/aromatic N) is 1. The molecule has 2 aliphatic rings. The van der Waals surface area contributed by atoms with E-state index < -0.39 is 0 Å². The van der Waals surface area contributed by atoms with Crippen LogP contribution in [0.1, 0.15) is 38.7 Å². The quantitative estimate of drug-likeness (QED) is 0.800. The van der Waals surface area contributed by atoms with E-state index in [1.54, 1.807) is 0 Å². The fourth-order valence-corrected chi connectivity index (χ4v) is 4.69. The Labute approximate surface area is 152 Å². The minimum atomic E-state index is -0.0779. The van der Waals surface area contributed by atoms with Crippen LogP contribution in [0.15, 0.2) is 30.3 Å². The number of rotatable bonds is 7. The lowest BCUT2D eigenvalue weighted by Gasteiger charge is -2.27. The van der Waals surface area contributed by atoms with Gasteiger partial charge < -0.3 is 10.6 Å². The van der Waals surface area contributed by atoms with Gasteiger partial charge in [0.15, 0.2) is 0 Å². The molecule has 3 rings (SSSR count). The number of amides is 1. The minimum absolute atomic E-state index is 0.0779. The maximum absolute atomic E-state index is 12.7. The number of carbonyl (C=O) groups is 1. The summed E-state index contributed by atoms with van der Waals surface area (Å²) >= 11 is 0.